The first kappa shape index (κ1) is 15.0. The van der Waals surface area contributed by atoms with Gasteiger partial charge in [-0.05, 0) is 44.1 Å². The van der Waals surface area contributed by atoms with Gasteiger partial charge in [0.1, 0.15) is 0 Å². The van der Waals surface area contributed by atoms with E-state index >= 15 is 0 Å². The van der Waals surface area contributed by atoms with Crippen molar-refractivity contribution in [3.05, 3.63) is 38.3 Å². The van der Waals surface area contributed by atoms with Gasteiger partial charge >= 0.3 is 0 Å². The molecular formula is C15H17BrN2O2. The average Bonchev–Trinajstić information content (AvgIpc) is 2.43. The van der Waals surface area contributed by atoms with Crippen molar-refractivity contribution < 1.29 is 4.92 Å². The SMILES string of the molecule is CC1CCC(C#N)(Cc2ccc(Br)cc2[N+](=O)[O-])CC1. The Morgan fingerprint density at radius 3 is 2.70 bits per heavy atom. The predicted molar refractivity (Wildman–Crippen MR) is 80.2 cm³/mol. The summed E-state index contributed by atoms with van der Waals surface area (Å²) in [7, 11) is 0. The number of rotatable bonds is 3. The van der Waals surface area contributed by atoms with Gasteiger partial charge in [-0.2, -0.15) is 5.26 Å². The van der Waals surface area contributed by atoms with E-state index in [-0.39, 0.29) is 10.6 Å². The van der Waals surface area contributed by atoms with E-state index in [4.69, 9.17) is 0 Å². The molecule has 0 unspecified atom stereocenters. The van der Waals surface area contributed by atoms with Crippen molar-refractivity contribution in [1.82, 2.24) is 0 Å². The second kappa shape index (κ2) is 5.92. The molecule has 0 heterocycles. The van der Waals surface area contributed by atoms with E-state index in [0.717, 1.165) is 25.7 Å². The molecule has 1 aliphatic carbocycles. The highest BCUT2D eigenvalue weighted by Gasteiger charge is 2.36. The molecule has 106 valence electrons. The molecule has 0 amide bonds. The van der Waals surface area contributed by atoms with Crippen LogP contribution in [0.25, 0.3) is 0 Å². The van der Waals surface area contributed by atoms with Gasteiger partial charge in [0.05, 0.1) is 16.4 Å². The molecule has 1 aromatic carbocycles. The summed E-state index contributed by atoms with van der Waals surface area (Å²) in [5.74, 6) is 0.649. The van der Waals surface area contributed by atoms with Crippen LogP contribution in [0.2, 0.25) is 0 Å². The summed E-state index contributed by atoms with van der Waals surface area (Å²) in [6.45, 7) is 2.20. The topological polar surface area (TPSA) is 66.9 Å². The van der Waals surface area contributed by atoms with Crippen molar-refractivity contribution in [2.45, 2.75) is 39.0 Å². The molecule has 0 atom stereocenters. The maximum absolute atomic E-state index is 11.2. The average molecular weight is 337 g/mol. The van der Waals surface area contributed by atoms with Crippen LogP contribution in [0.4, 0.5) is 5.69 Å². The summed E-state index contributed by atoms with van der Waals surface area (Å²) in [6, 6.07) is 7.52. The third-order valence-electron chi connectivity index (χ3n) is 4.24. The Hall–Kier alpha value is -1.41. The van der Waals surface area contributed by atoms with Crippen LogP contribution in [0.3, 0.4) is 0 Å². The fourth-order valence-corrected chi connectivity index (χ4v) is 3.21. The Morgan fingerprint density at radius 2 is 2.15 bits per heavy atom. The van der Waals surface area contributed by atoms with Crippen molar-refractivity contribution >= 4 is 21.6 Å². The van der Waals surface area contributed by atoms with Crippen LogP contribution in [0.15, 0.2) is 22.7 Å². The van der Waals surface area contributed by atoms with Crippen molar-refractivity contribution in [3.8, 4) is 6.07 Å². The van der Waals surface area contributed by atoms with Crippen molar-refractivity contribution in [1.29, 1.82) is 5.26 Å². The summed E-state index contributed by atoms with van der Waals surface area (Å²) in [5, 5.41) is 20.7. The van der Waals surface area contributed by atoms with E-state index in [9.17, 15) is 15.4 Å². The van der Waals surface area contributed by atoms with Crippen molar-refractivity contribution in [2.24, 2.45) is 11.3 Å². The van der Waals surface area contributed by atoms with E-state index in [2.05, 4.69) is 28.9 Å². The number of nitro groups is 1. The molecule has 0 bridgehead atoms. The van der Waals surface area contributed by atoms with Crippen LogP contribution in [0.5, 0.6) is 0 Å². The van der Waals surface area contributed by atoms with E-state index in [0.29, 0.717) is 22.4 Å². The Labute approximate surface area is 127 Å². The molecule has 1 saturated carbocycles. The third-order valence-corrected chi connectivity index (χ3v) is 4.73. The molecule has 0 N–H and O–H groups in total. The second-order valence-corrected chi connectivity index (χ2v) is 6.70. The van der Waals surface area contributed by atoms with Gasteiger partial charge in [-0.15, -0.1) is 0 Å². The zero-order valence-corrected chi connectivity index (χ0v) is 13.0. The minimum Gasteiger partial charge on any atom is -0.258 e. The van der Waals surface area contributed by atoms with E-state index < -0.39 is 5.41 Å². The number of nitrogens with zero attached hydrogens (tertiary/aromatic N) is 2. The lowest BCUT2D eigenvalue weighted by atomic mass is 9.68. The molecule has 0 aliphatic heterocycles. The van der Waals surface area contributed by atoms with Crippen LogP contribution in [-0.4, -0.2) is 4.92 Å². The number of hydrogen-bond acceptors (Lipinski definition) is 3. The molecule has 0 saturated heterocycles. The lowest BCUT2D eigenvalue weighted by molar-refractivity contribution is -0.385. The Morgan fingerprint density at radius 1 is 1.50 bits per heavy atom. The molecule has 0 spiro atoms. The van der Waals surface area contributed by atoms with Crippen molar-refractivity contribution in [3.63, 3.8) is 0 Å². The molecule has 0 radical (unpaired) electrons. The standard InChI is InChI=1S/C15H17BrN2O2/c1-11-4-6-15(10-17,7-5-11)9-12-2-3-13(16)8-14(12)18(19)20/h2-3,8,11H,4-7,9H2,1H3. The summed E-state index contributed by atoms with van der Waals surface area (Å²) < 4.78 is 0.691. The maximum Gasteiger partial charge on any atom is 0.273 e. The van der Waals surface area contributed by atoms with Crippen LogP contribution >= 0.6 is 15.9 Å². The number of nitriles is 1. The van der Waals surface area contributed by atoms with E-state index in [1.807, 2.05) is 0 Å². The largest absolute Gasteiger partial charge is 0.273 e. The van der Waals surface area contributed by atoms with Gasteiger partial charge in [-0.1, -0.05) is 28.9 Å². The molecule has 2 rings (SSSR count). The molecule has 1 fully saturated rings. The molecule has 5 heteroatoms. The summed E-state index contributed by atoms with van der Waals surface area (Å²) in [6.07, 6.45) is 4.19. The fraction of sp³-hybridized carbons (Fsp3) is 0.533. The molecule has 4 nitrogen and oxygen atoms in total. The maximum atomic E-state index is 11.2. The van der Waals surface area contributed by atoms with Gasteiger partial charge in [0.2, 0.25) is 0 Å². The van der Waals surface area contributed by atoms with Gasteiger partial charge in [-0.25, -0.2) is 0 Å². The van der Waals surface area contributed by atoms with Crippen LogP contribution < -0.4 is 0 Å². The first-order valence-corrected chi connectivity index (χ1v) is 7.59. The van der Waals surface area contributed by atoms with Gasteiger partial charge < -0.3 is 0 Å². The zero-order valence-electron chi connectivity index (χ0n) is 11.4. The van der Waals surface area contributed by atoms with E-state index in [1.54, 1.807) is 12.1 Å². The van der Waals surface area contributed by atoms with E-state index in [1.165, 1.54) is 6.07 Å². The lowest BCUT2D eigenvalue weighted by Gasteiger charge is -2.33. The molecular weight excluding hydrogens is 320 g/mol. The highest BCUT2D eigenvalue weighted by Crippen LogP contribution is 2.42. The van der Waals surface area contributed by atoms with Crippen LogP contribution in [0, 0.1) is 32.8 Å². The first-order chi connectivity index (χ1) is 9.46. The predicted octanol–water partition coefficient (Wildman–Crippen LogP) is 4.62. The third kappa shape index (κ3) is 3.18. The Kier molecular flexibility index (Phi) is 4.44. The molecule has 1 aromatic rings. The number of halogens is 1. The first-order valence-electron chi connectivity index (χ1n) is 6.80. The number of nitro benzene ring substituents is 1. The quantitative estimate of drug-likeness (QED) is 0.597. The minimum absolute atomic E-state index is 0.104. The smallest absolute Gasteiger partial charge is 0.258 e. The fourth-order valence-electron chi connectivity index (χ4n) is 2.86. The van der Waals surface area contributed by atoms with Gasteiger partial charge in [0.25, 0.3) is 5.69 Å². The summed E-state index contributed by atoms with van der Waals surface area (Å²) in [5.41, 5.74) is 0.326. The molecule has 1 aliphatic rings. The van der Waals surface area contributed by atoms with Crippen LogP contribution in [-0.2, 0) is 6.42 Å². The minimum atomic E-state index is -0.439. The monoisotopic (exact) mass is 336 g/mol. The highest BCUT2D eigenvalue weighted by molar-refractivity contribution is 9.10. The van der Waals surface area contributed by atoms with Gasteiger partial charge in [-0.3, -0.25) is 10.1 Å². The van der Waals surface area contributed by atoms with Crippen LogP contribution in [0.1, 0.15) is 38.2 Å². The highest BCUT2D eigenvalue weighted by atomic mass is 79.9. The zero-order chi connectivity index (χ0) is 14.8. The second-order valence-electron chi connectivity index (χ2n) is 5.78. The Bertz CT molecular complexity index is 557. The lowest BCUT2D eigenvalue weighted by Crippen LogP contribution is -2.27. The molecule has 20 heavy (non-hydrogen) atoms. The Balaban J connectivity index is 2.29. The number of benzene rings is 1. The van der Waals surface area contributed by atoms with Crippen molar-refractivity contribution in [2.75, 3.05) is 0 Å². The van der Waals surface area contributed by atoms with Gasteiger partial charge in [0, 0.05) is 16.1 Å². The summed E-state index contributed by atoms with van der Waals surface area (Å²) in [4.78, 5) is 10.8. The molecule has 0 aromatic heterocycles. The summed E-state index contributed by atoms with van der Waals surface area (Å²) >= 11 is 3.26. The number of hydrogen-bond donors (Lipinski definition) is 0. The normalized spacial score (nSPS) is 25.9. The van der Waals surface area contributed by atoms with Gasteiger partial charge in [0.15, 0.2) is 0 Å².